The zero-order valence-corrected chi connectivity index (χ0v) is 29.1. The van der Waals surface area contributed by atoms with Gasteiger partial charge in [0.2, 0.25) is 0 Å². The molecule has 0 radical (unpaired) electrons. The molecule has 0 aromatic heterocycles. The van der Waals surface area contributed by atoms with E-state index in [1.807, 2.05) is 12.1 Å². The van der Waals surface area contributed by atoms with Crippen molar-refractivity contribution in [2.45, 2.75) is 131 Å². The fraction of sp³-hybridized carbons (Fsp3) is 0.742. The zero-order valence-electron chi connectivity index (χ0n) is 25.3. The summed E-state index contributed by atoms with van der Waals surface area (Å²) in [6.45, 7) is 20.1. The molecule has 0 heterocycles. The number of benzene rings is 1. The first-order valence-electron chi connectivity index (χ1n) is 14.6. The van der Waals surface area contributed by atoms with Gasteiger partial charge in [0.1, 0.15) is 0 Å². The van der Waals surface area contributed by atoms with Crippen molar-refractivity contribution in [2.75, 3.05) is 13.7 Å². The summed E-state index contributed by atoms with van der Waals surface area (Å²) in [5.74, 6) is 0.889. The Hall–Kier alpha value is -0.304. The molecule has 0 saturated heterocycles. The number of rotatable bonds is 19. The van der Waals surface area contributed by atoms with Crippen LogP contribution in [0.1, 0.15) is 92.1 Å². The fourth-order valence-corrected chi connectivity index (χ4v) is 19.8. The molecule has 1 aromatic rings. The van der Waals surface area contributed by atoms with Gasteiger partial charge in [-0.15, -0.1) is 0 Å². The van der Waals surface area contributed by atoms with Crippen LogP contribution in [0, 0.1) is 0 Å². The monoisotopic (exact) mass is 626 g/mol. The number of hydrogen-bond acceptors (Lipinski definition) is 3. The van der Waals surface area contributed by atoms with Gasteiger partial charge in [-0.3, -0.25) is 0 Å². The summed E-state index contributed by atoms with van der Waals surface area (Å²) >= 11 is -2.35. The molecule has 1 aromatic carbocycles. The van der Waals surface area contributed by atoms with Crippen LogP contribution in [-0.4, -0.2) is 46.5 Å². The molecular formula is C31H58O3SiSn. The summed E-state index contributed by atoms with van der Waals surface area (Å²) in [6, 6.07) is 8.26. The van der Waals surface area contributed by atoms with Crippen LogP contribution >= 0.6 is 0 Å². The fourth-order valence-electron chi connectivity index (χ4n) is 4.33. The maximum absolute atomic E-state index is 6.56. The van der Waals surface area contributed by atoms with Gasteiger partial charge in [-0.1, -0.05) is 0 Å². The minimum atomic E-state index is -2.35. The first kappa shape index (κ1) is 33.7. The Kier molecular flexibility index (Phi) is 16.2. The maximum atomic E-state index is 6.56. The quantitative estimate of drug-likeness (QED) is 0.143. The second kappa shape index (κ2) is 17.3. The third-order valence-corrected chi connectivity index (χ3v) is 26.7. The van der Waals surface area contributed by atoms with E-state index in [-0.39, 0.29) is 11.1 Å². The van der Waals surface area contributed by atoms with Crippen LogP contribution in [0.3, 0.4) is 0 Å². The van der Waals surface area contributed by atoms with E-state index < -0.39 is 26.7 Å². The molecule has 0 spiro atoms. The molecule has 36 heavy (non-hydrogen) atoms. The Morgan fingerprint density at radius 3 is 1.86 bits per heavy atom. The van der Waals surface area contributed by atoms with Gasteiger partial charge in [-0.25, -0.2) is 0 Å². The van der Waals surface area contributed by atoms with Gasteiger partial charge in [-0.05, 0) is 0 Å². The Morgan fingerprint density at radius 1 is 0.889 bits per heavy atom. The molecule has 0 fully saturated rings. The van der Waals surface area contributed by atoms with Crippen molar-refractivity contribution < 1.29 is 13.9 Å². The van der Waals surface area contributed by atoms with Crippen LogP contribution in [0.25, 0.3) is 0 Å². The van der Waals surface area contributed by atoms with Crippen molar-refractivity contribution in [1.82, 2.24) is 0 Å². The van der Waals surface area contributed by atoms with Crippen molar-refractivity contribution in [3.05, 3.63) is 40.0 Å². The van der Waals surface area contributed by atoms with Gasteiger partial charge in [0.15, 0.2) is 0 Å². The molecule has 0 bridgehead atoms. The van der Waals surface area contributed by atoms with E-state index >= 15 is 0 Å². The standard InChI is InChI=1S/C19H31O3Si.3C4H9.Sn/c1-8-17(13-14-22-23(6,7)19(2,3)4)21-15-16-9-11-18(20-5)12-10-16;3*1-3-4-2;/h1,8-12,17H,13-15H2,2-7H3;3*1,3-4H2,2H3;/t17-;;;;/m1..../s1. The van der Waals surface area contributed by atoms with Crippen LogP contribution in [0.4, 0.5) is 0 Å². The van der Waals surface area contributed by atoms with Gasteiger partial charge >= 0.3 is 231 Å². The second-order valence-corrected chi connectivity index (χ2v) is 29.9. The normalized spacial score (nSPS) is 13.9. The van der Waals surface area contributed by atoms with E-state index in [1.54, 1.807) is 7.11 Å². The van der Waals surface area contributed by atoms with E-state index in [0.29, 0.717) is 6.61 Å². The predicted molar refractivity (Wildman–Crippen MR) is 163 cm³/mol. The third kappa shape index (κ3) is 12.5. The Morgan fingerprint density at radius 2 is 1.42 bits per heavy atom. The van der Waals surface area contributed by atoms with Crippen molar-refractivity contribution >= 4 is 26.7 Å². The molecule has 0 amide bonds. The van der Waals surface area contributed by atoms with E-state index in [1.165, 1.54) is 57.4 Å². The molecule has 0 aliphatic carbocycles. The molecule has 0 N–H and O–H groups in total. The summed E-state index contributed by atoms with van der Waals surface area (Å²) in [6.07, 6.45) is 11.6. The van der Waals surface area contributed by atoms with Crippen LogP contribution < -0.4 is 4.74 Å². The summed E-state index contributed by atoms with van der Waals surface area (Å²) < 4.78 is 25.7. The van der Waals surface area contributed by atoms with Gasteiger partial charge in [0, 0.05) is 0 Å². The third-order valence-electron chi connectivity index (χ3n) is 8.04. The molecule has 1 atom stereocenters. The summed E-state index contributed by atoms with van der Waals surface area (Å²) in [4.78, 5) is 0. The number of hydrogen-bond donors (Lipinski definition) is 0. The molecular weight excluding hydrogens is 567 g/mol. The van der Waals surface area contributed by atoms with E-state index in [0.717, 1.165) is 18.8 Å². The van der Waals surface area contributed by atoms with E-state index in [9.17, 15) is 0 Å². The van der Waals surface area contributed by atoms with E-state index in [4.69, 9.17) is 13.9 Å². The second-order valence-electron chi connectivity index (χ2n) is 12.1. The molecule has 0 aliphatic rings. The van der Waals surface area contributed by atoms with Crippen molar-refractivity contribution in [2.24, 2.45) is 0 Å². The molecule has 3 nitrogen and oxygen atoms in total. The van der Waals surface area contributed by atoms with E-state index in [2.05, 4.69) is 76.9 Å². The molecule has 5 heteroatoms. The van der Waals surface area contributed by atoms with Crippen molar-refractivity contribution in [3.63, 3.8) is 0 Å². The Labute approximate surface area is 229 Å². The van der Waals surface area contributed by atoms with Gasteiger partial charge in [-0.2, -0.15) is 0 Å². The molecule has 0 unspecified atom stereocenters. The van der Waals surface area contributed by atoms with Gasteiger partial charge in [0.05, 0.1) is 0 Å². The molecule has 208 valence electrons. The average Bonchev–Trinajstić information content (AvgIpc) is 2.85. The molecule has 0 saturated carbocycles. The topological polar surface area (TPSA) is 27.7 Å². The minimum absolute atomic E-state index is 0.109. The van der Waals surface area contributed by atoms with Gasteiger partial charge in [0.25, 0.3) is 0 Å². The van der Waals surface area contributed by atoms with Crippen LogP contribution in [0.2, 0.25) is 31.4 Å². The van der Waals surface area contributed by atoms with Crippen LogP contribution in [0.15, 0.2) is 34.4 Å². The summed E-state index contributed by atoms with van der Waals surface area (Å²) in [7, 11) is -0.0512. The summed E-state index contributed by atoms with van der Waals surface area (Å²) in [5, 5.41) is 0.231. The average molecular weight is 626 g/mol. The number of ether oxygens (including phenoxy) is 2. The van der Waals surface area contributed by atoms with Crippen molar-refractivity contribution in [1.29, 1.82) is 0 Å². The van der Waals surface area contributed by atoms with Crippen LogP contribution in [-0.2, 0) is 15.8 Å². The summed E-state index contributed by atoms with van der Waals surface area (Å²) in [5.41, 5.74) is 1.19. The zero-order chi connectivity index (χ0) is 27.1. The van der Waals surface area contributed by atoms with Gasteiger partial charge < -0.3 is 0 Å². The first-order chi connectivity index (χ1) is 17.0. The first-order valence-corrected chi connectivity index (χ1v) is 25.2. The molecule has 1 rings (SSSR count). The molecule has 0 aliphatic heterocycles. The Balaban J connectivity index is 3.06. The Bertz CT molecular complexity index is 703. The number of unbranched alkanes of at least 4 members (excludes halogenated alkanes) is 3. The predicted octanol–water partition coefficient (Wildman–Crippen LogP) is 9.94. The van der Waals surface area contributed by atoms with Crippen molar-refractivity contribution in [3.8, 4) is 5.75 Å². The number of methoxy groups -OCH3 is 1. The SMILES string of the molecule is CCC[CH2][Sn](/[CH]=C/[C@H](CCO[Si](C)(C)C(C)(C)C)OCc1ccc(OC)cc1)([CH2]CCC)[CH2]CCC. The van der Waals surface area contributed by atoms with Crippen LogP contribution in [0.5, 0.6) is 5.75 Å².